The van der Waals surface area contributed by atoms with E-state index in [2.05, 4.69) is 9.62 Å². The van der Waals surface area contributed by atoms with Crippen molar-refractivity contribution in [1.82, 2.24) is 0 Å². The Morgan fingerprint density at radius 3 is 2.30 bits per heavy atom. The molecule has 0 bridgehead atoms. The van der Waals surface area contributed by atoms with Crippen molar-refractivity contribution in [3.8, 4) is 0 Å². The molecule has 0 spiro atoms. The Labute approximate surface area is 55.9 Å². The van der Waals surface area contributed by atoms with Gasteiger partial charge in [-0.15, -0.1) is 0 Å². The summed E-state index contributed by atoms with van der Waals surface area (Å²) in [7, 11) is 0. The highest BCUT2D eigenvalue weighted by Crippen LogP contribution is 1.77. The topological polar surface area (TPSA) is 93.1 Å². The van der Waals surface area contributed by atoms with Gasteiger partial charge in [-0.3, -0.25) is 4.89 Å². The summed E-state index contributed by atoms with van der Waals surface area (Å²) in [5.74, 6) is -2.22. The standard InChI is InChI=1S/C4H6O6/c5-3(6)1-9-2-4(7)10-8/h8H,1-2H2,(H,5,6). The lowest BCUT2D eigenvalue weighted by molar-refractivity contribution is -0.238. The van der Waals surface area contributed by atoms with Gasteiger partial charge in [-0.05, 0) is 0 Å². The second kappa shape index (κ2) is 4.71. The van der Waals surface area contributed by atoms with Crippen LogP contribution in [0.5, 0.6) is 0 Å². The van der Waals surface area contributed by atoms with Crippen molar-refractivity contribution in [2.45, 2.75) is 0 Å². The Morgan fingerprint density at radius 1 is 1.30 bits per heavy atom. The number of hydrogen-bond acceptors (Lipinski definition) is 5. The number of rotatable bonds is 4. The molecule has 0 aromatic heterocycles. The van der Waals surface area contributed by atoms with E-state index >= 15 is 0 Å². The second-order valence-electron chi connectivity index (χ2n) is 1.35. The summed E-state index contributed by atoms with van der Waals surface area (Å²) in [6.07, 6.45) is 0. The maximum atomic E-state index is 10.0. The Hall–Kier alpha value is -1.14. The van der Waals surface area contributed by atoms with Crippen LogP contribution in [0.4, 0.5) is 0 Å². The summed E-state index contributed by atoms with van der Waals surface area (Å²) in [6.45, 7) is -1.15. The average molecular weight is 150 g/mol. The van der Waals surface area contributed by atoms with E-state index in [0.29, 0.717) is 0 Å². The van der Waals surface area contributed by atoms with Crippen LogP contribution in [-0.2, 0) is 19.2 Å². The van der Waals surface area contributed by atoms with Crippen LogP contribution in [0, 0.1) is 0 Å². The molecule has 0 heterocycles. The minimum Gasteiger partial charge on any atom is -0.480 e. The molecule has 0 aliphatic heterocycles. The van der Waals surface area contributed by atoms with Crippen molar-refractivity contribution in [3.05, 3.63) is 0 Å². The fourth-order valence-electron chi connectivity index (χ4n) is 0.248. The molecule has 6 heteroatoms. The Balaban J connectivity index is 3.20. The van der Waals surface area contributed by atoms with Gasteiger partial charge < -0.3 is 9.84 Å². The molecular formula is C4H6O6. The van der Waals surface area contributed by atoms with Gasteiger partial charge in [0.15, 0.2) is 0 Å². The van der Waals surface area contributed by atoms with Crippen LogP contribution in [0.1, 0.15) is 0 Å². The van der Waals surface area contributed by atoms with Crippen molar-refractivity contribution in [2.24, 2.45) is 0 Å². The van der Waals surface area contributed by atoms with Crippen LogP contribution in [0.3, 0.4) is 0 Å². The van der Waals surface area contributed by atoms with Crippen LogP contribution in [0.15, 0.2) is 0 Å². The van der Waals surface area contributed by atoms with Gasteiger partial charge in [-0.25, -0.2) is 9.59 Å². The minimum absolute atomic E-state index is 0.567. The van der Waals surface area contributed by atoms with Gasteiger partial charge in [0.25, 0.3) is 0 Å². The number of hydrogen-bond donors (Lipinski definition) is 2. The van der Waals surface area contributed by atoms with Gasteiger partial charge in [-0.1, -0.05) is 0 Å². The quantitative estimate of drug-likeness (QED) is 0.398. The summed E-state index contributed by atoms with van der Waals surface area (Å²) in [4.78, 5) is 22.9. The first-order valence-corrected chi connectivity index (χ1v) is 2.30. The molecule has 0 radical (unpaired) electrons. The molecule has 0 aliphatic carbocycles. The third-order valence-corrected chi connectivity index (χ3v) is 0.547. The molecular weight excluding hydrogens is 144 g/mol. The highest BCUT2D eigenvalue weighted by atomic mass is 17.1. The zero-order valence-electron chi connectivity index (χ0n) is 4.94. The predicted molar refractivity (Wildman–Crippen MR) is 27.2 cm³/mol. The summed E-state index contributed by atoms with van der Waals surface area (Å²) < 4.78 is 4.21. The molecule has 0 aromatic rings. The largest absolute Gasteiger partial charge is 0.480 e. The van der Waals surface area contributed by atoms with Gasteiger partial charge in [0.2, 0.25) is 0 Å². The van der Waals surface area contributed by atoms with Gasteiger partial charge in [-0.2, -0.15) is 5.26 Å². The first-order valence-electron chi connectivity index (χ1n) is 2.30. The molecule has 0 rings (SSSR count). The maximum Gasteiger partial charge on any atom is 0.367 e. The van der Waals surface area contributed by atoms with Crippen molar-refractivity contribution in [1.29, 1.82) is 0 Å². The second-order valence-corrected chi connectivity index (χ2v) is 1.35. The van der Waals surface area contributed by atoms with Gasteiger partial charge in [0.05, 0.1) is 0 Å². The number of carbonyl (C=O) groups is 2. The molecule has 10 heavy (non-hydrogen) atoms. The average Bonchev–Trinajstić information content (AvgIpc) is 1.87. The zero-order chi connectivity index (χ0) is 7.98. The van der Waals surface area contributed by atoms with E-state index in [9.17, 15) is 9.59 Å². The number of ether oxygens (including phenoxy) is 1. The summed E-state index contributed by atoms with van der Waals surface area (Å²) in [5.41, 5.74) is 0. The molecule has 0 aromatic carbocycles. The first-order chi connectivity index (χ1) is 4.66. The van der Waals surface area contributed by atoms with Crippen LogP contribution >= 0.6 is 0 Å². The van der Waals surface area contributed by atoms with E-state index in [1.54, 1.807) is 0 Å². The van der Waals surface area contributed by atoms with Crippen LogP contribution in [0.2, 0.25) is 0 Å². The van der Waals surface area contributed by atoms with Gasteiger partial charge in [0, 0.05) is 0 Å². The molecule has 2 N–H and O–H groups in total. The predicted octanol–water partition coefficient (Wildman–Crippen LogP) is -0.896. The Bertz CT molecular complexity index is 130. The number of aliphatic carboxylic acids is 1. The maximum absolute atomic E-state index is 10.0. The molecule has 0 unspecified atom stereocenters. The van der Waals surface area contributed by atoms with Crippen LogP contribution in [-0.4, -0.2) is 35.5 Å². The third kappa shape index (κ3) is 5.01. The fourth-order valence-corrected chi connectivity index (χ4v) is 0.248. The first kappa shape index (κ1) is 8.86. The Kier molecular flexibility index (Phi) is 4.17. The molecule has 0 fully saturated rings. The van der Waals surface area contributed by atoms with Crippen molar-refractivity contribution in [2.75, 3.05) is 13.2 Å². The van der Waals surface area contributed by atoms with Gasteiger partial charge >= 0.3 is 11.9 Å². The van der Waals surface area contributed by atoms with Crippen molar-refractivity contribution in [3.63, 3.8) is 0 Å². The van der Waals surface area contributed by atoms with Crippen LogP contribution in [0.25, 0.3) is 0 Å². The lowest BCUT2D eigenvalue weighted by Gasteiger charge is -1.95. The number of carboxylic acids is 1. The van der Waals surface area contributed by atoms with E-state index in [0.717, 1.165) is 0 Å². The monoisotopic (exact) mass is 150 g/mol. The summed E-state index contributed by atoms with van der Waals surface area (Å²) >= 11 is 0. The van der Waals surface area contributed by atoms with Gasteiger partial charge in [0.1, 0.15) is 13.2 Å². The summed E-state index contributed by atoms with van der Waals surface area (Å²) in [5, 5.41) is 15.6. The van der Waals surface area contributed by atoms with E-state index in [1.807, 2.05) is 0 Å². The van der Waals surface area contributed by atoms with E-state index in [-0.39, 0.29) is 0 Å². The third-order valence-electron chi connectivity index (χ3n) is 0.547. The molecule has 0 atom stereocenters. The lowest BCUT2D eigenvalue weighted by atomic mass is 10.7. The van der Waals surface area contributed by atoms with E-state index in [1.165, 1.54) is 0 Å². The smallest absolute Gasteiger partial charge is 0.367 e. The zero-order valence-corrected chi connectivity index (χ0v) is 4.94. The van der Waals surface area contributed by atoms with Crippen LogP contribution < -0.4 is 0 Å². The molecule has 0 amide bonds. The Morgan fingerprint density at radius 2 is 1.90 bits per heavy atom. The number of carboxylic acid groups (broad SMARTS) is 1. The fraction of sp³-hybridized carbons (Fsp3) is 0.500. The molecule has 0 saturated carbocycles. The highest BCUT2D eigenvalue weighted by molar-refractivity contribution is 5.71. The van der Waals surface area contributed by atoms with E-state index < -0.39 is 25.2 Å². The lowest BCUT2D eigenvalue weighted by Crippen LogP contribution is -2.15. The summed E-state index contributed by atoms with van der Waals surface area (Å²) in [6, 6.07) is 0. The highest BCUT2D eigenvalue weighted by Gasteiger charge is 2.03. The SMILES string of the molecule is O=C(O)COCC(=O)OO. The molecule has 0 aliphatic rings. The normalized spacial score (nSPS) is 8.90. The molecule has 6 nitrogen and oxygen atoms in total. The minimum atomic E-state index is -1.19. The number of carbonyl (C=O) groups excluding carboxylic acids is 1. The van der Waals surface area contributed by atoms with E-state index in [4.69, 9.17) is 10.4 Å². The van der Waals surface area contributed by atoms with Crippen molar-refractivity contribution < 1.29 is 29.6 Å². The van der Waals surface area contributed by atoms with Crippen molar-refractivity contribution >= 4 is 11.9 Å². The molecule has 0 saturated heterocycles. The molecule has 58 valence electrons.